The second-order valence-electron chi connectivity index (χ2n) is 9.39. The highest BCUT2D eigenvalue weighted by Crippen LogP contribution is 2.35. The van der Waals surface area contributed by atoms with E-state index in [0.29, 0.717) is 36.0 Å². The number of anilines is 3. The zero-order valence-electron chi connectivity index (χ0n) is 20.5. The lowest BCUT2D eigenvalue weighted by molar-refractivity contribution is 0.0515. The van der Waals surface area contributed by atoms with Gasteiger partial charge in [0.25, 0.3) is 0 Å². The Morgan fingerprint density at radius 2 is 1.59 bits per heavy atom. The van der Waals surface area contributed by atoms with Crippen molar-refractivity contribution in [1.29, 1.82) is 0 Å². The average Bonchev–Trinajstić information content (AvgIpc) is 2.93. The van der Waals surface area contributed by atoms with Crippen LogP contribution < -0.4 is 20.4 Å². The molecule has 0 amide bonds. The quantitative estimate of drug-likeness (QED) is 0.319. The van der Waals surface area contributed by atoms with Gasteiger partial charge in [0.05, 0.1) is 0 Å². The van der Waals surface area contributed by atoms with Crippen molar-refractivity contribution in [2.45, 2.75) is 18.3 Å². The molecule has 2 fully saturated rings. The number of benzene rings is 2. The lowest BCUT2D eigenvalue weighted by Crippen LogP contribution is -2.47. The Labute approximate surface area is 233 Å². The van der Waals surface area contributed by atoms with Crippen LogP contribution in [0.3, 0.4) is 0 Å². The van der Waals surface area contributed by atoms with Crippen LogP contribution in [0.2, 0.25) is 10.2 Å². The second-order valence-corrected chi connectivity index (χ2v) is 10.6. The first-order valence-corrected chi connectivity index (χ1v) is 13.7. The fourth-order valence-electron chi connectivity index (χ4n) is 4.98. The predicted octanol–water partition coefficient (Wildman–Crippen LogP) is 5.14. The number of para-hydroxylation sites is 1. The molecule has 194 valence electrons. The smallest absolute Gasteiger partial charge is 0.232 e. The number of hydrogen-bond donors (Lipinski definition) is 2. The molecule has 0 radical (unpaired) electrons. The van der Waals surface area contributed by atoms with Gasteiger partial charge in [0.2, 0.25) is 5.95 Å². The van der Waals surface area contributed by atoms with E-state index in [1.165, 1.54) is 11.3 Å². The van der Waals surface area contributed by atoms with E-state index in [0.717, 1.165) is 49.9 Å². The Balaban J connectivity index is 1.21. The maximum Gasteiger partial charge on any atom is 0.232 e. The van der Waals surface area contributed by atoms with E-state index in [4.69, 9.17) is 45.1 Å². The largest absolute Gasteiger partial charge is 0.381 e. The van der Waals surface area contributed by atoms with Gasteiger partial charge < -0.3 is 25.2 Å². The summed E-state index contributed by atoms with van der Waals surface area (Å²) >= 11 is 18.1. The SMILES string of the molecule is S=C(NCC1(c2ccc(Cl)cc2)CCOCC1)Nc1nc(Cl)cc(N2CCN(c3ccccc3)CC2)n1. The van der Waals surface area contributed by atoms with Crippen LogP contribution in [0.4, 0.5) is 17.5 Å². The lowest BCUT2D eigenvalue weighted by atomic mass is 9.74. The van der Waals surface area contributed by atoms with Gasteiger partial charge in [-0.2, -0.15) is 4.98 Å². The fraction of sp³-hybridized carbons (Fsp3) is 0.370. The van der Waals surface area contributed by atoms with E-state index < -0.39 is 0 Å². The van der Waals surface area contributed by atoms with Gasteiger partial charge in [-0.1, -0.05) is 53.5 Å². The molecule has 10 heteroatoms. The topological polar surface area (TPSA) is 65.6 Å². The summed E-state index contributed by atoms with van der Waals surface area (Å²) < 4.78 is 5.64. The highest BCUT2D eigenvalue weighted by Gasteiger charge is 2.34. The second kappa shape index (κ2) is 11.8. The molecule has 0 aliphatic carbocycles. The third kappa shape index (κ3) is 6.44. The molecule has 0 spiro atoms. The van der Waals surface area contributed by atoms with Crippen molar-refractivity contribution < 1.29 is 4.74 Å². The number of thiocarbonyl (C=S) groups is 1. The van der Waals surface area contributed by atoms with Gasteiger partial charge in [0.15, 0.2) is 5.11 Å². The van der Waals surface area contributed by atoms with E-state index in [1.54, 1.807) is 6.07 Å². The number of rotatable bonds is 6. The minimum atomic E-state index is -0.0899. The molecule has 0 saturated carbocycles. The van der Waals surface area contributed by atoms with Crippen LogP contribution in [0.15, 0.2) is 60.7 Å². The Morgan fingerprint density at radius 3 is 2.30 bits per heavy atom. The van der Waals surface area contributed by atoms with E-state index >= 15 is 0 Å². The van der Waals surface area contributed by atoms with E-state index in [-0.39, 0.29) is 5.41 Å². The van der Waals surface area contributed by atoms with Crippen molar-refractivity contribution in [1.82, 2.24) is 15.3 Å². The summed E-state index contributed by atoms with van der Waals surface area (Å²) in [4.78, 5) is 13.7. The minimum Gasteiger partial charge on any atom is -0.381 e. The first-order chi connectivity index (χ1) is 18.0. The number of nitrogens with zero attached hydrogens (tertiary/aromatic N) is 4. The molecule has 7 nitrogen and oxygen atoms in total. The summed E-state index contributed by atoms with van der Waals surface area (Å²) in [5, 5.41) is 8.09. The lowest BCUT2D eigenvalue weighted by Gasteiger charge is -2.38. The molecule has 5 rings (SSSR count). The summed E-state index contributed by atoms with van der Waals surface area (Å²) in [6, 6.07) is 20.3. The number of aromatic nitrogens is 2. The molecule has 37 heavy (non-hydrogen) atoms. The standard InChI is InChI=1S/C27H30Cl2N6OS/c28-21-8-6-20(7-9-21)27(10-16-36-17-11-27)19-30-26(37)33-25-31-23(29)18-24(32-25)35-14-12-34(13-15-35)22-4-2-1-3-5-22/h1-9,18H,10-17,19H2,(H2,30,31,32,33,37). The van der Waals surface area contributed by atoms with Crippen molar-refractivity contribution in [3.05, 3.63) is 76.4 Å². The number of ether oxygens (including phenoxy) is 1. The van der Waals surface area contributed by atoms with Gasteiger partial charge in [0, 0.05) is 68.1 Å². The van der Waals surface area contributed by atoms with Crippen molar-refractivity contribution in [2.75, 3.05) is 61.1 Å². The number of halogens is 2. The van der Waals surface area contributed by atoms with E-state index in [9.17, 15) is 0 Å². The number of piperazine rings is 1. The van der Waals surface area contributed by atoms with Crippen molar-refractivity contribution >= 4 is 58.0 Å². The molecule has 2 aliphatic heterocycles. The van der Waals surface area contributed by atoms with Crippen LogP contribution in [0, 0.1) is 0 Å². The molecule has 0 bridgehead atoms. The first-order valence-electron chi connectivity index (χ1n) is 12.5. The molecule has 3 aromatic rings. The van der Waals surface area contributed by atoms with Crippen LogP contribution in [-0.4, -0.2) is 61.0 Å². The van der Waals surface area contributed by atoms with Gasteiger partial charge in [0.1, 0.15) is 11.0 Å². The van der Waals surface area contributed by atoms with Gasteiger partial charge in [-0.15, -0.1) is 0 Å². The predicted molar refractivity (Wildman–Crippen MR) is 155 cm³/mol. The zero-order chi connectivity index (χ0) is 25.7. The van der Waals surface area contributed by atoms with Gasteiger partial charge in [-0.25, -0.2) is 4.98 Å². The Hall–Kier alpha value is -2.65. The van der Waals surface area contributed by atoms with Gasteiger partial charge >= 0.3 is 0 Å². The maximum absolute atomic E-state index is 6.37. The van der Waals surface area contributed by atoms with Crippen LogP contribution in [0.1, 0.15) is 18.4 Å². The summed E-state index contributed by atoms with van der Waals surface area (Å²) in [5.74, 6) is 1.18. The van der Waals surface area contributed by atoms with Crippen molar-refractivity contribution in [3.8, 4) is 0 Å². The number of nitrogens with one attached hydrogen (secondary N) is 2. The Morgan fingerprint density at radius 1 is 0.919 bits per heavy atom. The molecule has 1 aromatic heterocycles. The summed E-state index contributed by atoms with van der Waals surface area (Å²) in [7, 11) is 0. The number of hydrogen-bond acceptors (Lipinski definition) is 6. The Bertz CT molecular complexity index is 1200. The van der Waals surface area contributed by atoms with E-state index in [1.807, 2.05) is 18.2 Å². The molecule has 2 aliphatic rings. The van der Waals surface area contributed by atoms with Gasteiger partial charge in [-0.3, -0.25) is 0 Å². The van der Waals surface area contributed by atoms with Gasteiger partial charge in [-0.05, 0) is 54.9 Å². The highest BCUT2D eigenvalue weighted by molar-refractivity contribution is 7.80. The zero-order valence-corrected chi connectivity index (χ0v) is 22.8. The van der Waals surface area contributed by atoms with Crippen molar-refractivity contribution in [3.63, 3.8) is 0 Å². The summed E-state index contributed by atoms with van der Waals surface area (Å²) in [5.41, 5.74) is 2.38. The molecular formula is C27H30Cl2N6OS. The molecule has 2 saturated heterocycles. The minimum absolute atomic E-state index is 0.0899. The van der Waals surface area contributed by atoms with Crippen LogP contribution in [0.25, 0.3) is 0 Å². The Kier molecular flexibility index (Phi) is 8.30. The van der Waals surface area contributed by atoms with E-state index in [2.05, 4.69) is 61.8 Å². The molecule has 2 N–H and O–H groups in total. The molecule has 0 unspecified atom stereocenters. The fourth-order valence-corrected chi connectivity index (χ4v) is 5.45. The highest BCUT2D eigenvalue weighted by atomic mass is 35.5. The van der Waals surface area contributed by atoms with Crippen LogP contribution in [-0.2, 0) is 10.2 Å². The van der Waals surface area contributed by atoms with Crippen LogP contribution >= 0.6 is 35.4 Å². The normalized spacial score (nSPS) is 17.4. The maximum atomic E-state index is 6.37. The van der Waals surface area contributed by atoms with Crippen molar-refractivity contribution in [2.24, 2.45) is 0 Å². The molecule has 2 aromatic carbocycles. The summed E-state index contributed by atoms with van der Waals surface area (Å²) in [6.45, 7) is 5.59. The average molecular weight is 558 g/mol. The molecule has 0 atom stereocenters. The summed E-state index contributed by atoms with van der Waals surface area (Å²) in [6.07, 6.45) is 1.80. The molecule has 3 heterocycles. The monoisotopic (exact) mass is 556 g/mol. The third-order valence-electron chi connectivity index (χ3n) is 7.13. The van der Waals surface area contributed by atoms with Crippen LogP contribution in [0.5, 0.6) is 0 Å². The first kappa shape index (κ1) is 26.0. The third-order valence-corrected chi connectivity index (χ3v) is 7.82. The molecular weight excluding hydrogens is 527 g/mol.